The molecule has 2 heterocycles. The minimum absolute atomic E-state index is 0.0248. The molecule has 4 rings (SSSR count). The Morgan fingerprint density at radius 2 is 1.78 bits per heavy atom. The number of pyridine rings is 1. The molecule has 7 nitrogen and oxygen atoms in total. The number of hydrogen-bond donors (Lipinski definition) is 1. The first kappa shape index (κ1) is 26.9. The summed E-state index contributed by atoms with van der Waals surface area (Å²) >= 11 is 0. The Morgan fingerprint density at radius 3 is 2.38 bits per heavy atom. The van der Waals surface area contributed by atoms with Gasteiger partial charge in [-0.1, -0.05) is 0 Å². The van der Waals surface area contributed by atoms with Gasteiger partial charge in [-0.15, -0.1) is 0 Å². The third kappa shape index (κ3) is 5.73. The standard InChI is InChI=1S/C23H21F6N3O4S/c1-37(35,36)14-4-12(8-30-9-14)22(34)32-10-13(24)5-19(32)21(33)31-20(11-2-3-11)15-6-18(26)16(7-17(15)25)23(27,28)29/h4,6-9,11,13,19-20H,2-3,5,10H2,1H3,(H,31,33)/t13-,19+,20+/m0/s1. The highest BCUT2D eigenvalue weighted by atomic mass is 32.2. The van der Waals surface area contributed by atoms with Crippen molar-refractivity contribution in [3.63, 3.8) is 0 Å². The van der Waals surface area contributed by atoms with Gasteiger partial charge in [0, 0.05) is 30.6 Å². The van der Waals surface area contributed by atoms with E-state index >= 15 is 0 Å². The monoisotopic (exact) mass is 549 g/mol. The number of nitrogens with one attached hydrogen (secondary N) is 1. The molecule has 2 fully saturated rings. The number of alkyl halides is 4. The molecule has 3 atom stereocenters. The van der Waals surface area contributed by atoms with Gasteiger partial charge >= 0.3 is 6.18 Å². The van der Waals surface area contributed by atoms with Crippen LogP contribution < -0.4 is 5.32 Å². The molecule has 14 heteroatoms. The highest BCUT2D eigenvalue weighted by Gasteiger charge is 2.44. The fourth-order valence-electron chi connectivity index (χ4n) is 4.31. The molecule has 200 valence electrons. The maximum atomic E-state index is 14.7. The minimum atomic E-state index is -5.12. The lowest BCUT2D eigenvalue weighted by Crippen LogP contribution is -2.47. The fraction of sp³-hybridized carbons (Fsp3) is 0.435. The van der Waals surface area contributed by atoms with Gasteiger partial charge in [-0.3, -0.25) is 14.6 Å². The summed E-state index contributed by atoms with van der Waals surface area (Å²) in [6, 6.07) is -1.13. The van der Waals surface area contributed by atoms with Crippen molar-refractivity contribution in [3.8, 4) is 0 Å². The topological polar surface area (TPSA) is 96.4 Å². The second kappa shape index (κ2) is 9.62. The number of nitrogens with zero attached hydrogens (tertiary/aromatic N) is 2. The molecular weight excluding hydrogens is 528 g/mol. The predicted octanol–water partition coefficient (Wildman–Crippen LogP) is 3.60. The number of carbonyl (C=O) groups excluding carboxylic acids is 2. The molecule has 37 heavy (non-hydrogen) atoms. The Labute approximate surface area is 207 Å². The van der Waals surface area contributed by atoms with Crippen LogP contribution in [0, 0.1) is 17.6 Å². The lowest BCUT2D eigenvalue weighted by Gasteiger charge is -2.27. The van der Waals surface area contributed by atoms with Gasteiger partial charge in [0.25, 0.3) is 5.91 Å². The van der Waals surface area contributed by atoms with Gasteiger partial charge in [-0.05, 0) is 37.0 Å². The van der Waals surface area contributed by atoms with E-state index in [4.69, 9.17) is 0 Å². The largest absolute Gasteiger partial charge is 0.419 e. The van der Waals surface area contributed by atoms with Gasteiger partial charge in [0.1, 0.15) is 23.8 Å². The lowest BCUT2D eigenvalue weighted by molar-refractivity contribution is -0.140. The summed E-state index contributed by atoms with van der Waals surface area (Å²) in [6.07, 6.45) is -3.19. The molecule has 2 aromatic rings. The van der Waals surface area contributed by atoms with E-state index in [-0.39, 0.29) is 16.5 Å². The van der Waals surface area contributed by atoms with E-state index in [1.165, 1.54) is 0 Å². The van der Waals surface area contributed by atoms with Crippen molar-refractivity contribution in [2.24, 2.45) is 5.92 Å². The smallest absolute Gasteiger partial charge is 0.347 e. The maximum absolute atomic E-state index is 14.7. The molecule has 1 aliphatic carbocycles. The summed E-state index contributed by atoms with van der Waals surface area (Å²) in [4.78, 5) is 30.5. The van der Waals surface area contributed by atoms with E-state index in [1.54, 1.807) is 0 Å². The van der Waals surface area contributed by atoms with Crippen molar-refractivity contribution in [2.45, 2.75) is 48.6 Å². The number of halogens is 6. The first-order valence-corrected chi connectivity index (χ1v) is 13.0. The highest BCUT2D eigenvalue weighted by molar-refractivity contribution is 7.90. The predicted molar refractivity (Wildman–Crippen MR) is 117 cm³/mol. The van der Waals surface area contributed by atoms with Gasteiger partial charge in [-0.2, -0.15) is 13.2 Å². The van der Waals surface area contributed by atoms with E-state index in [2.05, 4.69) is 10.3 Å². The molecule has 0 bridgehead atoms. The average Bonchev–Trinajstić information content (AvgIpc) is 3.57. The Kier molecular flexibility index (Phi) is 6.99. The van der Waals surface area contributed by atoms with E-state index in [9.17, 15) is 44.3 Å². The number of likely N-dealkylation sites (tertiary alicyclic amines) is 1. The van der Waals surface area contributed by atoms with Crippen molar-refractivity contribution >= 4 is 21.7 Å². The van der Waals surface area contributed by atoms with Crippen LogP contribution in [0.4, 0.5) is 26.3 Å². The molecular formula is C23H21F6N3O4S. The molecule has 0 unspecified atom stereocenters. The minimum Gasteiger partial charge on any atom is -0.347 e. The van der Waals surface area contributed by atoms with Crippen molar-refractivity contribution in [2.75, 3.05) is 12.8 Å². The molecule has 0 spiro atoms. The van der Waals surface area contributed by atoms with E-state index in [0.717, 1.165) is 29.6 Å². The van der Waals surface area contributed by atoms with E-state index in [1.807, 2.05) is 0 Å². The van der Waals surface area contributed by atoms with Gasteiger partial charge in [0.2, 0.25) is 5.91 Å². The summed E-state index contributed by atoms with van der Waals surface area (Å²) in [6.45, 7) is -0.489. The van der Waals surface area contributed by atoms with Crippen molar-refractivity contribution in [3.05, 3.63) is 58.9 Å². The summed E-state index contributed by atoms with van der Waals surface area (Å²) in [7, 11) is -3.72. The Balaban J connectivity index is 1.59. The van der Waals surface area contributed by atoms with Crippen LogP contribution in [0.15, 0.2) is 35.5 Å². The van der Waals surface area contributed by atoms with Gasteiger partial charge < -0.3 is 10.2 Å². The number of rotatable bonds is 6. The summed E-state index contributed by atoms with van der Waals surface area (Å²) < 4.78 is 106. The Bertz CT molecular complexity index is 1350. The molecule has 1 aromatic heterocycles. The van der Waals surface area contributed by atoms with Crippen LogP contribution in [0.2, 0.25) is 0 Å². The number of amides is 2. The van der Waals surface area contributed by atoms with E-state index < -0.39 is 87.7 Å². The second-order valence-corrected chi connectivity index (χ2v) is 11.2. The molecule has 1 aromatic carbocycles. The number of sulfone groups is 1. The van der Waals surface area contributed by atoms with Crippen LogP contribution in [-0.4, -0.2) is 55.1 Å². The summed E-state index contributed by atoms with van der Waals surface area (Å²) in [5.41, 5.74) is -2.48. The molecule has 1 saturated carbocycles. The second-order valence-electron chi connectivity index (χ2n) is 9.16. The highest BCUT2D eigenvalue weighted by Crippen LogP contribution is 2.43. The molecule has 1 N–H and O–H groups in total. The molecule has 1 aliphatic heterocycles. The Hall–Kier alpha value is -3.16. The lowest BCUT2D eigenvalue weighted by atomic mass is 9.98. The first-order valence-electron chi connectivity index (χ1n) is 11.1. The van der Waals surface area contributed by atoms with Crippen LogP contribution in [0.25, 0.3) is 0 Å². The van der Waals surface area contributed by atoms with Crippen molar-refractivity contribution in [1.29, 1.82) is 0 Å². The van der Waals surface area contributed by atoms with Crippen molar-refractivity contribution in [1.82, 2.24) is 15.2 Å². The van der Waals surface area contributed by atoms with Crippen LogP contribution in [0.3, 0.4) is 0 Å². The zero-order valence-electron chi connectivity index (χ0n) is 19.2. The van der Waals surface area contributed by atoms with Crippen LogP contribution >= 0.6 is 0 Å². The average molecular weight is 549 g/mol. The summed E-state index contributed by atoms with van der Waals surface area (Å²) in [5, 5.41) is 2.46. The van der Waals surface area contributed by atoms with Gasteiger partial charge in [-0.25, -0.2) is 21.6 Å². The third-order valence-corrected chi connectivity index (χ3v) is 7.40. The van der Waals surface area contributed by atoms with E-state index in [0.29, 0.717) is 18.9 Å². The first-order chi connectivity index (χ1) is 17.2. The fourth-order valence-corrected chi connectivity index (χ4v) is 4.90. The molecule has 2 amide bonds. The zero-order valence-corrected chi connectivity index (χ0v) is 20.0. The maximum Gasteiger partial charge on any atom is 0.419 e. The number of aromatic nitrogens is 1. The normalized spacial score (nSPS) is 21.1. The number of hydrogen-bond acceptors (Lipinski definition) is 5. The van der Waals surface area contributed by atoms with Gasteiger partial charge in [0.05, 0.1) is 28.6 Å². The SMILES string of the molecule is CS(=O)(=O)c1cncc(C(=O)N2C[C@@H](F)C[C@@H]2C(=O)N[C@@H](c2cc(F)c(C(F)(F)F)cc2F)C2CC2)c1. The number of benzene rings is 1. The molecule has 1 saturated heterocycles. The van der Waals surface area contributed by atoms with Crippen LogP contribution in [-0.2, 0) is 20.8 Å². The molecule has 0 radical (unpaired) electrons. The third-order valence-electron chi connectivity index (χ3n) is 6.32. The molecule has 2 aliphatic rings. The summed E-state index contributed by atoms with van der Waals surface area (Å²) in [5.74, 6) is -5.23. The van der Waals surface area contributed by atoms with Crippen molar-refractivity contribution < 1.29 is 44.3 Å². The van der Waals surface area contributed by atoms with Crippen LogP contribution in [0.1, 0.15) is 46.8 Å². The van der Waals surface area contributed by atoms with Crippen LogP contribution in [0.5, 0.6) is 0 Å². The van der Waals surface area contributed by atoms with Gasteiger partial charge in [0.15, 0.2) is 9.84 Å². The number of carbonyl (C=O) groups is 2. The zero-order chi connectivity index (χ0) is 27.3. The quantitative estimate of drug-likeness (QED) is 0.556. The Morgan fingerprint density at radius 1 is 1.11 bits per heavy atom.